The fourth-order valence-corrected chi connectivity index (χ4v) is 8.53. The van der Waals surface area contributed by atoms with Gasteiger partial charge in [0.15, 0.2) is 0 Å². The molecule has 0 aromatic heterocycles. The number of nitrogens with zero attached hydrogens (tertiary/aromatic N) is 1. The van der Waals surface area contributed by atoms with E-state index in [1.165, 1.54) is 12.1 Å². The van der Waals surface area contributed by atoms with Crippen LogP contribution >= 0.6 is 0 Å². The molecule has 0 aliphatic rings. The highest BCUT2D eigenvalue weighted by Crippen LogP contribution is 2.13. The van der Waals surface area contributed by atoms with Crippen molar-refractivity contribution in [2.45, 2.75) is 45.6 Å². The van der Waals surface area contributed by atoms with Gasteiger partial charge in [-0.25, -0.2) is 0 Å². The minimum atomic E-state index is -0.971. The molecule has 0 heterocycles. The fourth-order valence-electron chi connectivity index (χ4n) is 1.38. The summed E-state index contributed by atoms with van der Waals surface area (Å²) in [6.07, 6.45) is 0. The summed E-state index contributed by atoms with van der Waals surface area (Å²) in [5.74, 6) is 0. The lowest BCUT2D eigenvalue weighted by molar-refractivity contribution is 0.763. The van der Waals surface area contributed by atoms with E-state index < -0.39 is 17.2 Å². The largest absolute Gasteiger partial charge is 0.351 e. The lowest BCUT2D eigenvalue weighted by Crippen LogP contribution is -2.51. The van der Waals surface area contributed by atoms with E-state index >= 15 is 0 Å². The maximum atomic E-state index is 2.74. The quantitative estimate of drug-likeness (QED) is 0.614. The van der Waals surface area contributed by atoms with Crippen LogP contribution in [0.15, 0.2) is 0 Å². The van der Waals surface area contributed by atoms with E-state index in [4.69, 9.17) is 0 Å². The average Bonchev–Trinajstić information content (AvgIpc) is 1.88. The molecule has 0 spiro atoms. The highest BCUT2D eigenvalue weighted by molar-refractivity contribution is 6.82. The summed E-state index contributed by atoms with van der Waals surface area (Å²) in [4.78, 5) is 0. The van der Waals surface area contributed by atoms with E-state index in [0.717, 1.165) is 0 Å². The molecular formula is C8H23NSi2. The number of hydrogen-bond acceptors (Lipinski definition) is 1. The van der Waals surface area contributed by atoms with Gasteiger partial charge in [-0.15, -0.1) is 0 Å². The first kappa shape index (κ1) is 11.4. The second-order valence-electron chi connectivity index (χ2n) is 4.25. The van der Waals surface area contributed by atoms with Crippen LogP contribution in [0.2, 0.25) is 31.7 Å². The van der Waals surface area contributed by atoms with Crippen molar-refractivity contribution in [1.82, 2.24) is 4.23 Å². The first-order chi connectivity index (χ1) is 4.93. The first-order valence-electron chi connectivity index (χ1n) is 4.66. The molecule has 0 aromatic rings. The Hall–Kier alpha value is 0.394. The van der Waals surface area contributed by atoms with E-state index in [9.17, 15) is 0 Å². The molecule has 0 saturated carbocycles. The van der Waals surface area contributed by atoms with E-state index in [2.05, 4.69) is 44.8 Å². The molecule has 0 aliphatic heterocycles. The van der Waals surface area contributed by atoms with Crippen LogP contribution in [0.5, 0.6) is 0 Å². The summed E-state index contributed by atoms with van der Waals surface area (Å²) in [5.41, 5.74) is 0. The van der Waals surface area contributed by atoms with E-state index in [1.54, 1.807) is 0 Å². The maximum absolute atomic E-state index is 2.74. The molecule has 0 radical (unpaired) electrons. The number of rotatable bonds is 4. The minimum Gasteiger partial charge on any atom is -0.351 e. The van der Waals surface area contributed by atoms with Crippen molar-refractivity contribution in [2.24, 2.45) is 0 Å². The van der Waals surface area contributed by atoms with Crippen molar-refractivity contribution in [3.63, 3.8) is 0 Å². The molecule has 0 fully saturated rings. The summed E-state index contributed by atoms with van der Waals surface area (Å²) in [6.45, 7) is 12.0. The van der Waals surface area contributed by atoms with Crippen LogP contribution in [0, 0.1) is 0 Å². The van der Waals surface area contributed by atoms with Crippen LogP contribution in [0.25, 0.3) is 0 Å². The molecule has 0 aliphatic carbocycles. The number of hydrogen-bond donors (Lipinski definition) is 0. The Morgan fingerprint density at radius 3 is 1.55 bits per heavy atom. The Morgan fingerprint density at radius 1 is 1.09 bits per heavy atom. The molecule has 0 aromatic carbocycles. The second-order valence-corrected chi connectivity index (χ2v) is 13.5. The van der Waals surface area contributed by atoms with Gasteiger partial charge in [-0.2, -0.15) is 0 Å². The molecule has 0 rings (SSSR count). The molecular weight excluding hydrogens is 166 g/mol. The Labute approximate surface area is 74.6 Å². The molecule has 0 unspecified atom stereocenters. The van der Waals surface area contributed by atoms with Crippen molar-refractivity contribution in [3.05, 3.63) is 0 Å². The highest BCUT2D eigenvalue weighted by atomic mass is 28.4. The maximum Gasteiger partial charge on any atom is 0.111 e. The molecule has 0 bridgehead atoms. The van der Waals surface area contributed by atoms with Gasteiger partial charge in [0.05, 0.1) is 0 Å². The van der Waals surface area contributed by atoms with Crippen LogP contribution < -0.4 is 0 Å². The molecule has 1 nitrogen and oxygen atoms in total. The van der Waals surface area contributed by atoms with E-state index in [0.29, 0.717) is 0 Å². The third kappa shape index (κ3) is 3.53. The minimum absolute atomic E-state index is 0.516. The van der Waals surface area contributed by atoms with Crippen LogP contribution in [-0.4, -0.2) is 28.5 Å². The Morgan fingerprint density at radius 2 is 1.45 bits per heavy atom. The summed E-state index contributed by atoms with van der Waals surface area (Å²) >= 11 is 0. The van der Waals surface area contributed by atoms with Crippen molar-refractivity contribution in [1.29, 1.82) is 0 Å². The summed E-state index contributed by atoms with van der Waals surface area (Å²) in [5, 5.41) is 0. The molecule has 0 amide bonds. The molecule has 68 valence electrons. The third-order valence-electron chi connectivity index (χ3n) is 2.55. The van der Waals surface area contributed by atoms with Gasteiger partial charge in [-0.3, -0.25) is 0 Å². The van der Waals surface area contributed by atoms with Crippen molar-refractivity contribution >= 4 is 17.2 Å². The van der Waals surface area contributed by atoms with Gasteiger partial charge < -0.3 is 4.23 Å². The molecule has 3 heteroatoms. The zero-order chi connectivity index (χ0) is 9.07. The highest BCUT2D eigenvalue weighted by Gasteiger charge is 2.25. The van der Waals surface area contributed by atoms with E-state index in [1.807, 2.05) is 0 Å². The average molecular weight is 189 g/mol. The Bertz CT molecular complexity index is 105. The normalized spacial score (nSPS) is 13.1. The van der Waals surface area contributed by atoms with Crippen molar-refractivity contribution in [2.75, 3.05) is 7.05 Å². The van der Waals surface area contributed by atoms with Gasteiger partial charge in [0, 0.05) is 0 Å². The van der Waals surface area contributed by atoms with E-state index in [-0.39, 0.29) is 0 Å². The van der Waals surface area contributed by atoms with Crippen molar-refractivity contribution in [3.8, 4) is 0 Å². The topological polar surface area (TPSA) is 3.24 Å². The smallest absolute Gasteiger partial charge is 0.111 e. The SMILES string of the molecule is CC[SiH](CC)N(C)[Si](C)(C)C. The van der Waals surface area contributed by atoms with Gasteiger partial charge in [-0.05, 0) is 7.05 Å². The second kappa shape index (κ2) is 4.43. The summed E-state index contributed by atoms with van der Waals surface area (Å²) in [7, 11) is 0.857. The lowest BCUT2D eigenvalue weighted by atomic mass is 10.9. The molecule has 0 saturated heterocycles. The molecule has 0 atom stereocenters. The molecule has 11 heavy (non-hydrogen) atoms. The standard InChI is InChI=1S/C8H23NSi2/c1-7-10(8-2)9(3)11(4,5)6/h10H,7-8H2,1-6H3. The van der Waals surface area contributed by atoms with Crippen LogP contribution in [0.1, 0.15) is 13.8 Å². The van der Waals surface area contributed by atoms with Crippen molar-refractivity contribution < 1.29 is 0 Å². The lowest BCUT2D eigenvalue weighted by Gasteiger charge is -2.36. The fraction of sp³-hybridized carbons (Fsp3) is 1.00. The van der Waals surface area contributed by atoms with Gasteiger partial charge in [0.25, 0.3) is 0 Å². The van der Waals surface area contributed by atoms with Gasteiger partial charge in [-0.1, -0.05) is 45.6 Å². The Kier molecular flexibility index (Phi) is 4.59. The van der Waals surface area contributed by atoms with Crippen LogP contribution in [0.4, 0.5) is 0 Å². The zero-order valence-corrected chi connectivity index (χ0v) is 11.1. The van der Waals surface area contributed by atoms with Crippen LogP contribution in [0.3, 0.4) is 0 Å². The van der Waals surface area contributed by atoms with Gasteiger partial charge in [0.2, 0.25) is 0 Å². The van der Waals surface area contributed by atoms with Gasteiger partial charge in [0.1, 0.15) is 17.2 Å². The zero-order valence-electron chi connectivity index (χ0n) is 8.94. The molecule has 0 N–H and O–H groups in total. The predicted molar refractivity (Wildman–Crippen MR) is 59.2 cm³/mol. The Balaban J connectivity index is 4.09. The first-order valence-corrected chi connectivity index (χ1v) is 10.3. The monoisotopic (exact) mass is 189 g/mol. The predicted octanol–water partition coefficient (Wildman–Crippen LogP) is 2.52. The summed E-state index contributed by atoms with van der Waals surface area (Å²) < 4.78 is 2.74. The third-order valence-corrected chi connectivity index (χ3v) is 11.1. The summed E-state index contributed by atoms with van der Waals surface area (Å²) in [6, 6.07) is 2.86. The van der Waals surface area contributed by atoms with Crippen LogP contribution in [-0.2, 0) is 0 Å². The van der Waals surface area contributed by atoms with Gasteiger partial charge >= 0.3 is 0 Å².